The molecule has 252 valence electrons. The third-order valence-electron chi connectivity index (χ3n) is 7.77. The summed E-state index contributed by atoms with van der Waals surface area (Å²) in [6.45, 7) is 0. The average molecular weight is 706 g/mol. The first-order valence-corrected chi connectivity index (χ1v) is 14.0. The van der Waals surface area contributed by atoms with Gasteiger partial charge in [-0.05, 0) is 47.9 Å². The van der Waals surface area contributed by atoms with Gasteiger partial charge >= 0.3 is 7.32 Å². The van der Waals surface area contributed by atoms with Gasteiger partial charge in [0, 0.05) is 33.0 Å². The second kappa shape index (κ2) is 12.0. The standard InChI is InChI=1S/C34H11BF12O3/c36-13-9-18-22(7-6-19(37)24(18)21(39)10-13)48-35(49-23-3-1-2-14-25(23)29(43)32(46)30(44)27(14)41)50-34-17-8-12-4-5-20(38)26(40)15(12)11-16(17)28(42)31(45)33(34)47/h1-11H. The van der Waals surface area contributed by atoms with Gasteiger partial charge in [-0.25, -0.2) is 48.3 Å². The summed E-state index contributed by atoms with van der Waals surface area (Å²) in [4.78, 5) is 0. The molecule has 0 radical (unpaired) electrons. The van der Waals surface area contributed by atoms with Gasteiger partial charge in [-0.3, -0.25) is 0 Å². The van der Waals surface area contributed by atoms with Crippen molar-refractivity contribution in [1.29, 1.82) is 0 Å². The van der Waals surface area contributed by atoms with E-state index in [1.54, 1.807) is 0 Å². The van der Waals surface area contributed by atoms with Crippen LogP contribution in [0.5, 0.6) is 17.2 Å². The summed E-state index contributed by atoms with van der Waals surface area (Å²) in [5, 5.41) is -5.62. The Morgan fingerprint density at radius 1 is 0.380 bits per heavy atom. The topological polar surface area (TPSA) is 27.7 Å². The molecule has 0 heterocycles. The molecule has 7 rings (SSSR count). The van der Waals surface area contributed by atoms with Crippen LogP contribution in [0.1, 0.15) is 0 Å². The minimum absolute atomic E-state index is 0.176. The molecule has 0 spiro atoms. The van der Waals surface area contributed by atoms with E-state index in [0.717, 1.165) is 36.4 Å². The van der Waals surface area contributed by atoms with Crippen molar-refractivity contribution in [2.24, 2.45) is 0 Å². The number of halogens is 12. The van der Waals surface area contributed by atoms with Crippen LogP contribution in [0.15, 0.2) is 66.7 Å². The number of rotatable bonds is 6. The van der Waals surface area contributed by atoms with Crippen LogP contribution in [-0.2, 0) is 0 Å². The van der Waals surface area contributed by atoms with Crippen molar-refractivity contribution in [2.75, 3.05) is 0 Å². The lowest BCUT2D eigenvalue weighted by molar-refractivity contribution is 0.300. The fourth-order valence-electron chi connectivity index (χ4n) is 5.50. The molecule has 0 atom stereocenters. The predicted molar refractivity (Wildman–Crippen MR) is 156 cm³/mol. The lowest BCUT2D eigenvalue weighted by Gasteiger charge is -2.21. The van der Waals surface area contributed by atoms with Crippen molar-refractivity contribution in [1.82, 2.24) is 0 Å². The predicted octanol–water partition coefficient (Wildman–Crippen LogP) is 10.5. The molecule has 0 amide bonds. The van der Waals surface area contributed by atoms with Crippen LogP contribution in [0.2, 0.25) is 0 Å². The fraction of sp³-hybridized carbons (Fsp3) is 0. The molecule has 3 nitrogen and oxygen atoms in total. The minimum atomic E-state index is -2.61. The van der Waals surface area contributed by atoms with E-state index in [1.165, 1.54) is 0 Å². The smallest absolute Gasteiger partial charge is 0.489 e. The summed E-state index contributed by atoms with van der Waals surface area (Å²) in [6.07, 6.45) is 0. The first-order chi connectivity index (χ1) is 23.8. The molecule has 0 saturated heterocycles. The summed E-state index contributed by atoms with van der Waals surface area (Å²) in [6, 6.07) is 8.24. The van der Waals surface area contributed by atoms with E-state index >= 15 is 13.2 Å². The van der Waals surface area contributed by atoms with Crippen molar-refractivity contribution in [3.8, 4) is 17.2 Å². The van der Waals surface area contributed by atoms with Gasteiger partial charge in [0.15, 0.2) is 52.3 Å². The first-order valence-electron chi connectivity index (χ1n) is 14.0. The highest BCUT2D eigenvalue weighted by atomic mass is 19.2. The van der Waals surface area contributed by atoms with Gasteiger partial charge in [0.25, 0.3) is 0 Å². The summed E-state index contributed by atoms with van der Waals surface area (Å²) in [5.74, 6) is -23.9. The molecule has 0 aromatic heterocycles. The quantitative estimate of drug-likeness (QED) is 0.0567. The van der Waals surface area contributed by atoms with Crippen LogP contribution in [0.25, 0.3) is 43.1 Å². The van der Waals surface area contributed by atoms with E-state index in [0.29, 0.717) is 30.3 Å². The number of hydrogen-bond donors (Lipinski definition) is 0. The zero-order valence-electron chi connectivity index (χ0n) is 24.2. The lowest BCUT2D eigenvalue weighted by Crippen LogP contribution is -2.37. The van der Waals surface area contributed by atoms with E-state index in [9.17, 15) is 39.5 Å². The van der Waals surface area contributed by atoms with E-state index in [1.807, 2.05) is 0 Å². The molecule has 0 fully saturated rings. The van der Waals surface area contributed by atoms with Gasteiger partial charge < -0.3 is 14.0 Å². The van der Waals surface area contributed by atoms with Crippen LogP contribution in [0.4, 0.5) is 52.7 Å². The van der Waals surface area contributed by atoms with Crippen LogP contribution in [0, 0.1) is 69.8 Å². The maximum absolute atomic E-state index is 15.5. The van der Waals surface area contributed by atoms with Crippen LogP contribution < -0.4 is 14.0 Å². The Morgan fingerprint density at radius 3 is 1.80 bits per heavy atom. The van der Waals surface area contributed by atoms with E-state index in [-0.39, 0.29) is 5.39 Å². The molecule has 50 heavy (non-hydrogen) atoms. The third-order valence-corrected chi connectivity index (χ3v) is 7.77. The third kappa shape index (κ3) is 5.13. The maximum atomic E-state index is 15.5. The Kier molecular flexibility index (Phi) is 7.83. The minimum Gasteiger partial charge on any atom is -0.489 e. The number of benzene rings is 7. The second-order valence-electron chi connectivity index (χ2n) is 10.7. The maximum Gasteiger partial charge on any atom is 0.864 e. The van der Waals surface area contributed by atoms with Crippen molar-refractivity contribution in [2.45, 2.75) is 0 Å². The number of fused-ring (bicyclic) bond motifs is 4. The molecule has 0 aliphatic rings. The Balaban J connectivity index is 1.45. The summed E-state index contributed by atoms with van der Waals surface area (Å²) < 4.78 is 192. The Hall–Kier alpha value is -5.80. The fourth-order valence-corrected chi connectivity index (χ4v) is 5.50. The zero-order valence-corrected chi connectivity index (χ0v) is 24.2. The van der Waals surface area contributed by atoms with Gasteiger partial charge in [-0.15, -0.1) is 0 Å². The molecular formula is C34H11BF12O3. The number of hydrogen-bond acceptors (Lipinski definition) is 3. The highest BCUT2D eigenvalue weighted by Gasteiger charge is 2.37. The molecule has 0 N–H and O–H groups in total. The van der Waals surface area contributed by atoms with Crippen LogP contribution >= 0.6 is 0 Å². The van der Waals surface area contributed by atoms with Crippen molar-refractivity contribution in [3.63, 3.8) is 0 Å². The van der Waals surface area contributed by atoms with E-state index in [2.05, 4.69) is 0 Å². The first kappa shape index (κ1) is 32.7. The zero-order chi connectivity index (χ0) is 35.8. The summed E-state index contributed by atoms with van der Waals surface area (Å²) in [5.41, 5.74) is 0. The molecule has 0 saturated carbocycles. The molecule has 0 aliphatic heterocycles. The molecule has 0 bridgehead atoms. The van der Waals surface area contributed by atoms with Crippen molar-refractivity contribution in [3.05, 3.63) is 137 Å². The Bertz CT molecular complexity index is 2580. The van der Waals surface area contributed by atoms with Crippen molar-refractivity contribution >= 4 is 50.4 Å². The molecule has 0 unspecified atom stereocenters. The Morgan fingerprint density at radius 2 is 1.04 bits per heavy atom. The summed E-state index contributed by atoms with van der Waals surface area (Å²) >= 11 is 0. The van der Waals surface area contributed by atoms with Crippen LogP contribution in [-0.4, -0.2) is 7.32 Å². The van der Waals surface area contributed by atoms with Gasteiger partial charge in [0.2, 0.25) is 5.82 Å². The van der Waals surface area contributed by atoms with Gasteiger partial charge in [0.05, 0.1) is 10.8 Å². The highest BCUT2D eigenvalue weighted by Crippen LogP contribution is 2.40. The normalized spacial score (nSPS) is 11.6. The van der Waals surface area contributed by atoms with E-state index in [4.69, 9.17) is 14.0 Å². The van der Waals surface area contributed by atoms with Gasteiger partial charge in [0.1, 0.15) is 29.0 Å². The van der Waals surface area contributed by atoms with Gasteiger partial charge in [-0.2, -0.15) is 4.39 Å². The second-order valence-corrected chi connectivity index (χ2v) is 10.7. The average Bonchev–Trinajstić information content (AvgIpc) is 3.09. The largest absolute Gasteiger partial charge is 0.864 e. The summed E-state index contributed by atoms with van der Waals surface area (Å²) in [7, 11) is -2.61. The highest BCUT2D eigenvalue weighted by molar-refractivity contribution is 6.40. The van der Waals surface area contributed by atoms with Crippen LogP contribution in [0.3, 0.4) is 0 Å². The van der Waals surface area contributed by atoms with E-state index < -0.39 is 132 Å². The SMILES string of the molecule is Fc1cc(F)c2c(F)ccc(OB(Oc3c(F)c(F)c(F)c4cc5c(F)c(F)ccc5cc34)Oc3cccc4c(F)c(F)c(F)c(F)c34)c2c1. The molecule has 0 aliphatic carbocycles. The monoisotopic (exact) mass is 706 g/mol. The van der Waals surface area contributed by atoms with Gasteiger partial charge in [-0.1, -0.05) is 18.2 Å². The lowest BCUT2D eigenvalue weighted by atomic mass is 10.0. The molecular weight excluding hydrogens is 695 g/mol. The molecule has 7 aromatic rings. The Labute approximate surface area is 271 Å². The molecule has 7 aromatic carbocycles. The molecule has 16 heteroatoms. The van der Waals surface area contributed by atoms with Crippen molar-refractivity contribution < 1.29 is 66.6 Å².